The van der Waals surface area contributed by atoms with Crippen molar-refractivity contribution in [1.82, 2.24) is 4.90 Å². The van der Waals surface area contributed by atoms with Crippen molar-refractivity contribution in [2.45, 2.75) is 13.5 Å². The second-order valence-electron chi connectivity index (χ2n) is 7.69. The summed E-state index contributed by atoms with van der Waals surface area (Å²) in [6, 6.07) is 18.4. The van der Waals surface area contributed by atoms with Gasteiger partial charge in [-0.1, -0.05) is 48.0 Å². The number of halogens is 2. The first-order chi connectivity index (χ1) is 16.8. The highest BCUT2D eigenvalue weighted by molar-refractivity contribution is 8.18. The lowest BCUT2D eigenvalue weighted by atomic mass is 10.2. The van der Waals surface area contributed by atoms with E-state index in [0.29, 0.717) is 17.0 Å². The van der Waals surface area contributed by atoms with E-state index in [4.69, 9.17) is 16.3 Å². The first-order valence-electron chi connectivity index (χ1n) is 10.6. The summed E-state index contributed by atoms with van der Waals surface area (Å²) in [4.78, 5) is 38.6. The summed E-state index contributed by atoms with van der Waals surface area (Å²) in [5, 5.41) is 2.49. The molecule has 1 heterocycles. The maximum Gasteiger partial charge on any atom is 0.294 e. The number of carbonyl (C=O) groups excluding carboxylic acids is 3. The number of amides is 3. The van der Waals surface area contributed by atoms with Gasteiger partial charge in [0.05, 0.1) is 9.93 Å². The smallest absolute Gasteiger partial charge is 0.294 e. The minimum atomic E-state index is -0.533. The molecule has 4 rings (SSSR count). The van der Waals surface area contributed by atoms with Crippen LogP contribution >= 0.6 is 23.4 Å². The van der Waals surface area contributed by atoms with Gasteiger partial charge in [-0.15, -0.1) is 0 Å². The number of carbonyl (C=O) groups is 3. The number of anilines is 1. The fraction of sp³-hybridized carbons (Fsp3) is 0.115. The van der Waals surface area contributed by atoms with Crippen LogP contribution in [0.15, 0.2) is 71.6 Å². The normalized spacial score (nSPS) is 14.5. The molecule has 1 N–H and O–H groups in total. The zero-order chi connectivity index (χ0) is 24.9. The van der Waals surface area contributed by atoms with Crippen molar-refractivity contribution >= 4 is 52.2 Å². The molecular formula is C26H20ClFN2O4S. The molecule has 3 amide bonds. The van der Waals surface area contributed by atoms with E-state index < -0.39 is 22.9 Å². The monoisotopic (exact) mass is 510 g/mol. The Morgan fingerprint density at radius 1 is 1.09 bits per heavy atom. The first-order valence-corrected chi connectivity index (χ1v) is 11.8. The Bertz CT molecular complexity index is 1310. The summed E-state index contributed by atoms with van der Waals surface area (Å²) in [7, 11) is 0. The van der Waals surface area contributed by atoms with Gasteiger partial charge >= 0.3 is 0 Å². The number of imide groups is 1. The number of nitrogens with one attached hydrogen (secondary N) is 1. The SMILES string of the molecule is Cc1ccccc1NC(=O)CN1C(=O)S/C(=C\c2ccc(OCc3c(F)cccc3Cl)cc2)C1=O. The number of rotatable bonds is 7. The van der Waals surface area contributed by atoms with Crippen LogP contribution in [0.25, 0.3) is 6.08 Å². The third-order valence-electron chi connectivity index (χ3n) is 5.22. The van der Waals surface area contributed by atoms with Gasteiger partial charge in [-0.05, 0) is 66.2 Å². The molecule has 0 saturated carbocycles. The Hall–Kier alpha value is -3.62. The molecule has 0 bridgehead atoms. The molecule has 9 heteroatoms. The summed E-state index contributed by atoms with van der Waals surface area (Å²) in [6.07, 6.45) is 1.57. The summed E-state index contributed by atoms with van der Waals surface area (Å²) in [5.41, 5.74) is 2.42. The Balaban J connectivity index is 1.38. The first kappa shape index (κ1) is 24.5. The van der Waals surface area contributed by atoms with Gasteiger partial charge in [-0.3, -0.25) is 19.3 Å². The molecule has 35 heavy (non-hydrogen) atoms. The average molecular weight is 511 g/mol. The van der Waals surface area contributed by atoms with Crippen LogP contribution in [0.4, 0.5) is 14.9 Å². The zero-order valence-corrected chi connectivity index (χ0v) is 20.2. The predicted molar refractivity (Wildman–Crippen MR) is 135 cm³/mol. The molecule has 0 aliphatic carbocycles. The number of hydrogen-bond acceptors (Lipinski definition) is 5. The molecule has 3 aromatic carbocycles. The number of nitrogens with zero attached hydrogens (tertiary/aromatic N) is 1. The maximum absolute atomic E-state index is 13.9. The van der Waals surface area contributed by atoms with E-state index in [1.807, 2.05) is 19.1 Å². The van der Waals surface area contributed by atoms with Gasteiger partial charge in [0, 0.05) is 11.3 Å². The molecule has 1 aliphatic rings. The Morgan fingerprint density at radius 2 is 1.83 bits per heavy atom. The third kappa shape index (κ3) is 5.90. The van der Waals surface area contributed by atoms with Crippen molar-refractivity contribution in [2.75, 3.05) is 11.9 Å². The molecule has 1 fully saturated rings. The summed E-state index contributed by atoms with van der Waals surface area (Å²) < 4.78 is 19.5. The van der Waals surface area contributed by atoms with Gasteiger partial charge in [0.2, 0.25) is 5.91 Å². The highest BCUT2D eigenvalue weighted by Gasteiger charge is 2.36. The van der Waals surface area contributed by atoms with Gasteiger partial charge in [0.1, 0.15) is 24.7 Å². The quantitative estimate of drug-likeness (QED) is 0.392. The average Bonchev–Trinajstić information content (AvgIpc) is 3.08. The van der Waals surface area contributed by atoms with E-state index in [1.54, 1.807) is 48.5 Å². The highest BCUT2D eigenvalue weighted by atomic mass is 35.5. The summed E-state index contributed by atoms with van der Waals surface area (Å²) >= 11 is 6.79. The number of hydrogen-bond donors (Lipinski definition) is 1. The van der Waals surface area contributed by atoms with Crippen LogP contribution in [0.3, 0.4) is 0 Å². The molecule has 0 atom stereocenters. The van der Waals surface area contributed by atoms with Crippen LogP contribution in [0.2, 0.25) is 5.02 Å². The zero-order valence-electron chi connectivity index (χ0n) is 18.6. The maximum atomic E-state index is 13.9. The summed E-state index contributed by atoms with van der Waals surface area (Å²) in [5.74, 6) is -0.950. The molecule has 1 saturated heterocycles. The lowest BCUT2D eigenvalue weighted by molar-refractivity contribution is -0.127. The summed E-state index contributed by atoms with van der Waals surface area (Å²) in [6.45, 7) is 1.44. The van der Waals surface area contributed by atoms with Crippen LogP contribution in [0, 0.1) is 12.7 Å². The van der Waals surface area contributed by atoms with Gasteiger partial charge in [-0.25, -0.2) is 4.39 Å². The molecule has 6 nitrogen and oxygen atoms in total. The lowest BCUT2D eigenvalue weighted by Crippen LogP contribution is -2.36. The standard InChI is InChI=1S/C26H20ClFN2O4S/c1-16-5-2-3-8-22(16)29-24(31)14-30-25(32)23(35-26(30)33)13-17-9-11-18(12-10-17)34-15-19-20(27)6-4-7-21(19)28/h2-13H,14-15H2,1H3,(H,29,31)/b23-13-. The van der Waals surface area contributed by atoms with Gasteiger partial charge in [0.15, 0.2) is 0 Å². The number of para-hydroxylation sites is 1. The van der Waals surface area contributed by atoms with Crippen molar-refractivity contribution in [3.8, 4) is 5.75 Å². The van der Waals surface area contributed by atoms with Crippen molar-refractivity contribution in [2.24, 2.45) is 0 Å². The number of thioether (sulfide) groups is 1. The number of aryl methyl sites for hydroxylation is 1. The Morgan fingerprint density at radius 3 is 2.54 bits per heavy atom. The minimum absolute atomic E-state index is 0.0334. The van der Waals surface area contributed by atoms with Gasteiger partial charge < -0.3 is 10.1 Å². The Labute approximate surface area is 210 Å². The fourth-order valence-electron chi connectivity index (χ4n) is 3.32. The molecule has 0 spiro atoms. The van der Waals surface area contributed by atoms with Crippen molar-refractivity contribution in [3.63, 3.8) is 0 Å². The van der Waals surface area contributed by atoms with Crippen LogP contribution in [-0.2, 0) is 16.2 Å². The van der Waals surface area contributed by atoms with Crippen molar-refractivity contribution in [1.29, 1.82) is 0 Å². The lowest BCUT2D eigenvalue weighted by Gasteiger charge is -2.13. The van der Waals surface area contributed by atoms with E-state index in [1.165, 1.54) is 12.1 Å². The molecule has 0 radical (unpaired) electrons. The van der Waals surface area contributed by atoms with Crippen LogP contribution in [0.1, 0.15) is 16.7 Å². The molecular weight excluding hydrogens is 491 g/mol. The van der Waals surface area contributed by atoms with E-state index in [0.717, 1.165) is 22.2 Å². The number of benzene rings is 3. The van der Waals surface area contributed by atoms with Crippen LogP contribution < -0.4 is 10.1 Å². The van der Waals surface area contributed by atoms with Gasteiger partial charge in [0.25, 0.3) is 11.1 Å². The highest BCUT2D eigenvalue weighted by Crippen LogP contribution is 2.32. The number of ether oxygens (including phenoxy) is 1. The topological polar surface area (TPSA) is 75.7 Å². The molecule has 1 aliphatic heterocycles. The van der Waals surface area contributed by atoms with Crippen molar-refractivity contribution < 1.29 is 23.5 Å². The Kier molecular flexibility index (Phi) is 7.53. The van der Waals surface area contributed by atoms with Crippen LogP contribution in [0.5, 0.6) is 5.75 Å². The molecule has 178 valence electrons. The van der Waals surface area contributed by atoms with E-state index >= 15 is 0 Å². The van der Waals surface area contributed by atoms with E-state index in [-0.39, 0.29) is 28.6 Å². The molecule has 3 aromatic rings. The van der Waals surface area contributed by atoms with Crippen LogP contribution in [-0.4, -0.2) is 28.5 Å². The molecule has 0 aromatic heterocycles. The van der Waals surface area contributed by atoms with Crippen molar-refractivity contribution in [3.05, 3.63) is 99.2 Å². The fourth-order valence-corrected chi connectivity index (χ4v) is 4.38. The molecule has 0 unspecified atom stereocenters. The second kappa shape index (κ2) is 10.8. The van der Waals surface area contributed by atoms with E-state index in [2.05, 4.69) is 5.32 Å². The minimum Gasteiger partial charge on any atom is -0.489 e. The second-order valence-corrected chi connectivity index (χ2v) is 9.09. The largest absolute Gasteiger partial charge is 0.489 e. The third-order valence-corrected chi connectivity index (χ3v) is 6.48. The van der Waals surface area contributed by atoms with E-state index in [9.17, 15) is 18.8 Å². The predicted octanol–water partition coefficient (Wildman–Crippen LogP) is 6.04. The van der Waals surface area contributed by atoms with Gasteiger partial charge in [-0.2, -0.15) is 0 Å².